The Morgan fingerprint density at radius 2 is 1.94 bits per heavy atom. The lowest BCUT2D eigenvalue weighted by Gasteiger charge is -2.48. The molecule has 1 saturated carbocycles. The first-order valence-electron chi connectivity index (χ1n) is 11.7. The van der Waals surface area contributed by atoms with Crippen molar-refractivity contribution in [3.8, 4) is 5.75 Å². The highest BCUT2D eigenvalue weighted by Crippen LogP contribution is 2.39. The molecule has 1 aliphatic carbocycles. The van der Waals surface area contributed by atoms with E-state index in [1.165, 1.54) is 13.8 Å². The molecule has 1 unspecified atom stereocenters. The van der Waals surface area contributed by atoms with Crippen molar-refractivity contribution >= 4 is 16.9 Å². The van der Waals surface area contributed by atoms with E-state index in [0.29, 0.717) is 25.3 Å². The number of rotatable bonds is 4. The highest BCUT2D eigenvalue weighted by molar-refractivity contribution is 5.94. The molecule has 1 spiro atoms. The number of aryl methyl sites for hydroxylation is 1. The van der Waals surface area contributed by atoms with E-state index in [1.54, 1.807) is 29.2 Å². The van der Waals surface area contributed by atoms with Crippen molar-refractivity contribution in [3.63, 3.8) is 0 Å². The minimum absolute atomic E-state index is 0.0604. The van der Waals surface area contributed by atoms with Crippen LogP contribution in [0.25, 0.3) is 11.0 Å². The number of pyridine rings is 1. The molecular formula is C25H25F3N4O4. The molecule has 2 aromatic heterocycles. The third-order valence-electron chi connectivity index (χ3n) is 6.77. The predicted octanol–water partition coefficient (Wildman–Crippen LogP) is 4.18. The van der Waals surface area contributed by atoms with Crippen LogP contribution in [-0.2, 0) is 10.9 Å². The van der Waals surface area contributed by atoms with Crippen LogP contribution in [0.15, 0.2) is 35.1 Å². The molecule has 2 fully saturated rings. The number of carbonyl (C=O) groups excluding carboxylic acids is 1. The van der Waals surface area contributed by atoms with Gasteiger partial charge in [-0.2, -0.15) is 13.2 Å². The smallest absolute Gasteiger partial charge is 0.433 e. The molecule has 0 radical (unpaired) electrons. The molecule has 11 heteroatoms. The van der Waals surface area contributed by atoms with Gasteiger partial charge in [0.05, 0.1) is 24.1 Å². The van der Waals surface area contributed by atoms with Crippen molar-refractivity contribution in [2.24, 2.45) is 0 Å². The Bertz CT molecular complexity index is 1370. The first-order chi connectivity index (χ1) is 17.0. The van der Waals surface area contributed by atoms with Gasteiger partial charge in [0, 0.05) is 17.7 Å². The van der Waals surface area contributed by atoms with E-state index in [0.717, 1.165) is 25.3 Å². The molecule has 0 bridgehead atoms. The zero-order valence-corrected chi connectivity index (χ0v) is 19.8. The zero-order chi connectivity index (χ0) is 25.7. The number of ether oxygens (including phenoxy) is 2. The zero-order valence-electron chi connectivity index (χ0n) is 19.8. The number of morpholine rings is 1. The fourth-order valence-corrected chi connectivity index (χ4v) is 4.74. The molecule has 1 aromatic carbocycles. The number of hydrogen-bond donors (Lipinski definition) is 1. The highest BCUT2D eigenvalue weighted by atomic mass is 19.4. The minimum Gasteiger partial charge on any atom is -0.486 e. The van der Waals surface area contributed by atoms with Crippen molar-refractivity contribution in [1.82, 2.24) is 19.9 Å². The van der Waals surface area contributed by atoms with Gasteiger partial charge in [-0.25, -0.2) is 9.97 Å². The summed E-state index contributed by atoms with van der Waals surface area (Å²) in [6.07, 6.45) is -2.86. The monoisotopic (exact) mass is 502 g/mol. The Kier molecular flexibility index (Phi) is 5.98. The summed E-state index contributed by atoms with van der Waals surface area (Å²) in [5, 5.41) is -0.0604. The summed E-state index contributed by atoms with van der Waals surface area (Å²) in [5.74, 6) is 0.324. The highest BCUT2D eigenvalue weighted by Gasteiger charge is 2.43. The number of carbonyl (C=O) groups is 1. The predicted molar refractivity (Wildman–Crippen MR) is 124 cm³/mol. The second kappa shape index (κ2) is 8.88. The number of halogens is 3. The van der Waals surface area contributed by atoms with Crippen LogP contribution in [0.1, 0.15) is 59.7 Å². The summed E-state index contributed by atoms with van der Waals surface area (Å²) in [6.45, 7) is 4.49. The number of amides is 1. The summed E-state index contributed by atoms with van der Waals surface area (Å²) < 4.78 is 53.0. The van der Waals surface area contributed by atoms with Gasteiger partial charge in [0.15, 0.2) is 11.3 Å². The van der Waals surface area contributed by atoms with E-state index < -0.39 is 23.5 Å². The van der Waals surface area contributed by atoms with Crippen molar-refractivity contribution in [1.29, 1.82) is 0 Å². The molecule has 5 rings (SSSR count). The Labute approximate surface area is 204 Å². The maximum atomic E-state index is 13.8. The average molecular weight is 502 g/mol. The summed E-state index contributed by atoms with van der Waals surface area (Å²) in [7, 11) is 0. The van der Waals surface area contributed by atoms with Crippen molar-refractivity contribution in [2.45, 2.75) is 51.0 Å². The fourth-order valence-electron chi connectivity index (χ4n) is 4.74. The topological polar surface area (TPSA) is 97.4 Å². The normalized spacial score (nSPS) is 18.2. The lowest BCUT2D eigenvalue weighted by atomic mass is 9.79. The van der Waals surface area contributed by atoms with Crippen molar-refractivity contribution in [2.75, 3.05) is 19.7 Å². The molecule has 2 aliphatic rings. The summed E-state index contributed by atoms with van der Waals surface area (Å²) in [5.41, 5.74) is -2.07. The van der Waals surface area contributed by atoms with Crippen LogP contribution in [0.3, 0.4) is 0 Å². The first kappa shape index (κ1) is 24.2. The Morgan fingerprint density at radius 3 is 2.58 bits per heavy atom. The molecule has 1 saturated heterocycles. The van der Waals surface area contributed by atoms with E-state index in [-0.39, 0.29) is 39.7 Å². The van der Waals surface area contributed by atoms with Crippen LogP contribution in [0.2, 0.25) is 0 Å². The molecule has 36 heavy (non-hydrogen) atoms. The van der Waals surface area contributed by atoms with Gasteiger partial charge in [-0.05, 0) is 63.4 Å². The van der Waals surface area contributed by atoms with Gasteiger partial charge < -0.3 is 19.4 Å². The molecule has 3 aromatic rings. The number of hydrogen-bond acceptors (Lipinski definition) is 6. The largest absolute Gasteiger partial charge is 0.486 e. The van der Waals surface area contributed by atoms with Crippen LogP contribution >= 0.6 is 0 Å². The standard InChI is InChI=1S/C25H25F3N4O4/c1-14(18-12-19-21(29-15(2)30-22(19)33)31-20(18)25(26,27)28)36-17-6-4-16(5-7-17)23(34)32-10-11-35-24(13-32)8-3-9-24/h4-7,12,14H,3,8-11,13H2,1-2H3,(H,29,30,31,33). The maximum absolute atomic E-state index is 13.8. The van der Waals surface area contributed by atoms with E-state index in [2.05, 4.69) is 15.0 Å². The number of aromatic nitrogens is 3. The third kappa shape index (κ3) is 4.55. The van der Waals surface area contributed by atoms with Crippen LogP contribution in [0.5, 0.6) is 5.75 Å². The van der Waals surface area contributed by atoms with Crippen molar-refractivity contribution in [3.05, 3.63) is 63.3 Å². The van der Waals surface area contributed by atoms with E-state index in [1.807, 2.05) is 0 Å². The second-order valence-electron chi connectivity index (χ2n) is 9.34. The number of alkyl halides is 3. The molecule has 3 heterocycles. The number of benzene rings is 1. The SMILES string of the molecule is Cc1nc2nc(C(F)(F)F)c(C(C)Oc3ccc(C(=O)N4CCOC5(CCC5)C4)cc3)cc2c(=O)[nH]1. The molecular weight excluding hydrogens is 477 g/mol. The Balaban J connectivity index is 1.37. The lowest BCUT2D eigenvalue weighted by molar-refractivity contribution is -0.142. The molecule has 1 aliphatic heterocycles. The van der Waals surface area contributed by atoms with Crippen LogP contribution in [0, 0.1) is 6.92 Å². The van der Waals surface area contributed by atoms with E-state index in [4.69, 9.17) is 9.47 Å². The minimum atomic E-state index is -4.77. The van der Waals surface area contributed by atoms with Gasteiger partial charge in [0.1, 0.15) is 17.7 Å². The summed E-state index contributed by atoms with van der Waals surface area (Å²) >= 11 is 0. The number of nitrogens with one attached hydrogen (secondary N) is 1. The van der Waals surface area contributed by atoms with Crippen LogP contribution in [-0.4, -0.2) is 51.1 Å². The van der Waals surface area contributed by atoms with E-state index in [9.17, 15) is 22.8 Å². The van der Waals surface area contributed by atoms with Crippen LogP contribution in [0.4, 0.5) is 13.2 Å². The van der Waals surface area contributed by atoms with Gasteiger partial charge in [0.25, 0.3) is 11.5 Å². The maximum Gasteiger partial charge on any atom is 0.433 e. The molecule has 190 valence electrons. The fraction of sp³-hybridized carbons (Fsp3) is 0.440. The van der Waals surface area contributed by atoms with Gasteiger partial charge in [-0.3, -0.25) is 9.59 Å². The molecule has 1 atom stereocenters. The van der Waals surface area contributed by atoms with Gasteiger partial charge in [-0.1, -0.05) is 0 Å². The molecule has 1 amide bonds. The summed E-state index contributed by atoms with van der Waals surface area (Å²) in [4.78, 5) is 37.1. The van der Waals surface area contributed by atoms with Crippen molar-refractivity contribution < 1.29 is 27.4 Å². The van der Waals surface area contributed by atoms with Gasteiger partial charge >= 0.3 is 6.18 Å². The van der Waals surface area contributed by atoms with Gasteiger partial charge in [-0.15, -0.1) is 0 Å². The van der Waals surface area contributed by atoms with E-state index >= 15 is 0 Å². The molecule has 8 nitrogen and oxygen atoms in total. The van der Waals surface area contributed by atoms with Gasteiger partial charge in [0.2, 0.25) is 0 Å². The second-order valence-corrected chi connectivity index (χ2v) is 9.34. The number of H-pyrrole nitrogens is 1. The Morgan fingerprint density at radius 1 is 1.22 bits per heavy atom. The lowest BCUT2D eigenvalue weighted by Crippen LogP contribution is -2.57. The Hall–Kier alpha value is -3.47. The first-order valence-corrected chi connectivity index (χ1v) is 11.7. The number of nitrogens with zero attached hydrogens (tertiary/aromatic N) is 3. The molecule has 1 N–H and O–H groups in total. The average Bonchev–Trinajstić information content (AvgIpc) is 2.82. The number of fused-ring (bicyclic) bond motifs is 1. The summed E-state index contributed by atoms with van der Waals surface area (Å²) in [6, 6.07) is 7.39. The third-order valence-corrected chi connectivity index (χ3v) is 6.77. The quantitative estimate of drug-likeness (QED) is 0.575. The number of aromatic amines is 1. The van der Waals surface area contributed by atoms with Crippen LogP contribution < -0.4 is 10.3 Å².